The number of likely N-dealkylation sites (N-methyl/N-ethyl adjacent to an activating group) is 1. The molecule has 1 unspecified atom stereocenters. The van der Waals surface area contributed by atoms with Gasteiger partial charge in [-0.15, -0.1) is 0 Å². The van der Waals surface area contributed by atoms with Crippen molar-refractivity contribution in [2.45, 2.75) is 39.3 Å². The van der Waals surface area contributed by atoms with Gasteiger partial charge in [0.25, 0.3) is 0 Å². The van der Waals surface area contributed by atoms with Gasteiger partial charge in [-0.2, -0.15) is 0 Å². The van der Waals surface area contributed by atoms with Gasteiger partial charge in [-0.25, -0.2) is 19.3 Å². The van der Waals surface area contributed by atoms with E-state index in [1.54, 1.807) is 6.20 Å². The molecule has 0 saturated carbocycles. The number of aromatic nitrogens is 4. The molecule has 2 atom stereocenters. The minimum atomic E-state index is -0.506. The van der Waals surface area contributed by atoms with E-state index in [1.807, 2.05) is 56.7 Å². The largest absolute Gasteiger partial charge is 0.627 e. The van der Waals surface area contributed by atoms with Crippen LogP contribution in [0.3, 0.4) is 0 Å². The number of hydroxylamine groups is 2. The predicted molar refractivity (Wildman–Crippen MR) is 120 cm³/mol. The molecule has 0 amide bonds. The van der Waals surface area contributed by atoms with Crippen LogP contribution in [-0.2, 0) is 0 Å². The minimum absolute atomic E-state index is 0.117. The lowest BCUT2D eigenvalue weighted by Gasteiger charge is -2.38. The van der Waals surface area contributed by atoms with E-state index in [-0.39, 0.29) is 28.4 Å². The maximum atomic E-state index is 14.5. The molecule has 3 heterocycles. The van der Waals surface area contributed by atoms with Gasteiger partial charge >= 0.3 is 0 Å². The van der Waals surface area contributed by atoms with Gasteiger partial charge in [0.05, 0.1) is 37.2 Å². The van der Waals surface area contributed by atoms with E-state index in [0.717, 1.165) is 29.8 Å². The number of aryl methyl sites for hydroxylation is 1. The maximum Gasteiger partial charge on any atom is 0.227 e. The smallest absolute Gasteiger partial charge is 0.227 e. The molecule has 0 spiro atoms. The minimum Gasteiger partial charge on any atom is -0.627 e. The van der Waals surface area contributed by atoms with E-state index in [2.05, 4.69) is 25.6 Å². The van der Waals surface area contributed by atoms with Crippen molar-refractivity contribution < 1.29 is 4.39 Å². The van der Waals surface area contributed by atoms with E-state index in [1.165, 1.54) is 0 Å². The molecule has 8 nitrogen and oxygen atoms in total. The summed E-state index contributed by atoms with van der Waals surface area (Å²) >= 11 is 0. The third-order valence-electron chi connectivity index (χ3n) is 5.84. The van der Waals surface area contributed by atoms with Crippen LogP contribution in [0.15, 0.2) is 36.7 Å². The van der Waals surface area contributed by atoms with Crippen molar-refractivity contribution in [2.24, 2.45) is 0 Å². The Kier molecular flexibility index (Phi) is 5.74. The van der Waals surface area contributed by atoms with Gasteiger partial charge < -0.3 is 25.1 Å². The molecule has 0 aliphatic carbocycles. The van der Waals surface area contributed by atoms with Crippen LogP contribution in [-0.4, -0.2) is 45.7 Å². The molecule has 3 aromatic rings. The summed E-state index contributed by atoms with van der Waals surface area (Å²) in [7, 11) is 1.89. The number of hydrogen-bond donors (Lipinski definition) is 2. The molecule has 0 radical (unpaired) electrons. The Bertz CT molecular complexity index is 1070. The van der Waals surface area contributed by atoms with E-state index >= 15 is 0 Å². The van der Waals surface area contributed by atoms with Crippen LogP contribution in [0, 0.1) is 17.9 Å². The van der Waals surface area contributed by atoms with E-state index < -0.39 is 5.82 Å². The molecule has 1 aliphatic rings. The molecule has 31 heavy (non-hydrogen) atoms. The zero-order valence-electron chi connectivity index (χ0n) is 18.3. The molecule has 1 aromatic carbocycles. The first-order valence-corrected chi connectivity index (χ1v) is 10.5. The zero-order valence-corrected chi connectivity index (χ0v) is 18.3. The Morgan fingerprint density at radius 1 is 1.19 bits per heavy atom. The van der Waals surface area contributed by atoms with Crippen molar-refractivity contribution in [3.05, 3.63) is 53.5 Å². The standard InChI is InChI=1S/C22H28FN7O/c1-14(2)29-15(3)25-12-20(29)21-19(23)11-26-22(28-21)27-16-5-7-18(8-6-16)30(31)10-9-17(13-30)24-4/h5-8,11-12,14,17,24H,9-10,13H2,1-4H3,(H,26,27,28)/t17-,30?/m0/s1. The Hall–Kier alpha value is -2.88. The van der Waals surface area contributed by atoms with E-state index in [9.17, 15) is 9.60 Å². The predicted octanol–water partition coefficient (Wildman–Crippen LogP) is 3.91. The lowest BCUT2D eigenvalue weighted by atomic mass is 10.2. The number of rotatable bonds is 6. The Morgan fingerprint density at radius 2 is 1.94 bits per heavy atom. The fourth-order valence-electron chi connectivity index (χ4n) is 4.21. The molecule has 4 rings (SSSR count). The van der Waals surface area contributed by atoms with Gasteiger partial charge in [0, 0.05) is 30.3 Å². The highest BCUT2D eigenvalue weighted by atomic mass is 19.1. The van der Waals surface area contributed by atoms with Crippen LogP contribution < -0.4 is 15.3 Å². The number of imidazole rings is 1. The lowest BCUT2D eigenvalue weighted by molar-refractivity contribution is 0.438. The quantitative estimate of drug-likeness (QED) is 0.460. The number of quaternary nitrogens is 1. The third kappa shape index (κ3) is 4.16. The molecule has 2 aromatic heterocycles. The van der Waals surface area contributed by atoms with Crippen molar-refractivity contribution in [2.75, 3.05) is 25.5 Å². The van der Waals surface area contributed by atoms with Crippen molar-refractivity contribution in [1.29, 1.82) is 0 Å². The second kappa shape index (κ2) is 8.33. The highest BCUT2D eigenvalue weighted by molar-refractivity contribution is 5.62. The molecular formula is C22H28FN7O. The SMILES string of the molecule is CN[C@H]1CC[N+]([O-])(c2ccc(Nc3ncc(F)c(-c4cnc(C)n4C(C)C)n3)cc2)C1. The van der Waals surface area contributed by atoms with Crippen LogP contribution >= 0.6 is 0 Å². The number of anilines is 2. The number of nitrogens with one attached hydrogen (secondary N) is 2. The summed E-state index contributed by atoms with van der Waals surface area (Å²) < 4.78 is 16.1. The fraction of sp³-hybridized carbons (Fsp3) is 0.409. The first-order chi connectivity index (χ1) is 14.8. The van der Waals surface area contributed by atoms with E-state index in [0.29, 0.717) is 18.8 Å². The second-order valence-electron chi connectivity index (χ2n) is 8.29. The lowest BCUT2D eigenvalue weighted by Crippen LogP contribution is -2.43. The number of benzene rings is 1. The molecule has 0 bridgehead atoms. The number of hydrogen-bond acceptors (Lipinski definition) is 6. The fourth-order valence-corrected chi connectivity index (χ4v) is 4.21. The van der Waals surface area contributed by atoms with Gasteiger partial charge in [0.15, 0.2) is 5.82 Å². The monoisotopic (exact) mass is 425 g/mol. The zero-order chi connectivity index (χ0) is 22.2. The molecular weight excluding hydrogens is 397 g/mol. The molecule has 1 saturated heterocycles. The van der Waals surface area contributed by atoms with Crippen LogP contribution in [0.2, 0.25) is 0 Å². The summed E-state index contributed by atoms with van der Waals surface area (Å²) in [5, 5.41) is 19.4. The molecule has 1 aliphatic heterocycles. The summed E-state index contributed by atoms with van der Waals surface area (Å²) in [6.07, 6.45) is 3.65. The molecule has 164 valence electrons. The first kappa shape index (κ1) is 21.4. The summed E-state index contributed by atoms with van der Waals surface area (Å²) in [5.41, 5.74) is 2.26. The van der Waals surface area contributed by atoms with Crippen LogP contribution in [0.1, 0.15) is 32.1 Å². The summed E-state index contributed by atoms with van der Waals surface area (Å²) in [5.74, 6) is 0.569. The van der Waals surface area contributed by atoms with E-state index in [4.69, 9.17) is 0 Å². The topological polar surface area (TPSA) is 90.7 Å². The first-order valence-electron chi connectivity index (χ1n) is 10.5. The average Bonchev–Trinajstić information content (AvgIpc) is 3.33. The second-order valence-corrected chi connectivity index (χ2v) is 8.29. The van der Waals surface area contributed by atoms with Gasteiger partial charge in [-0.1, -0.05) is 0 Å². The third-order valence-corrected chi connectivity index (χ3v) is 5.84. The number of nitrogens with zero attached hydrogens (tertiary/aromatic N) is 5. The normalized spacial score (nSPS) is 21.1. The average molecular weight is 426 g/mol. The highest BCUT2D eigenvalue weighted by Gasteiger charge is 2.32. The molecule has 9 heteroatoms. The maximum absolute atomic E-state index is 14.5. The highest BCUT2D eigenvalue weighted by Crippen LogP contribution is 2.30. The van der Waals surface area contributed by atoms with Crippen molar-refractivity contribution in [3.8, 4) is 11.4 Å². The molecule has 1 fully saturated rings. The van der Waals surface area contributed by atoms with Gasteiger partial charge in [0.1, 0.15) is 17.2 Å². The molecule has 2 N–H and O–H groups in total. The van der Waals surface area contributed by atoms with Crippen LogP contribution in [0.5, 0.6) is 0 Å². The summed E-state index contributed by atoms with van der Waals surface area (Å²) in [6, 6.07) is 7.67. The van der Waals surface area contributed by atoms with Crippen molar-refractivity contribution in [3.63, 3.8) is 0 Å². The summed E-state index contributed by atoms with van der Waals surface area (Å²) in [6.45, 7) is 7.00. The van der Waals surface area contributed by atoms with Gasteiger partial charge in [-0.3, -0.25) is 0 Å². The van der Waals surface area contributed by atoms with Crippen molar-refractivity contribution >= 4 is 17.3 Å². The Labute approximate surface area is 181 Å². The van der Waals surface area contributed by atoms with Crippen LogP contribution in [0.4, 0.5) is 21.7 Å². The van der Waals surface area contributed by atoms with Gasteiger partial charge in [-0.05, 0) is 40.0 Å². The van der Waals surface area contributed by atoms with Crippen molar-refractivity contribution in [1.82, 2.24) is 29.5 Å². The van der Waals surface area contributed by atoms with Crippen LogP contribution in [0.25, 0.3) is 11.4 Å². The summed E-state index contributed by atoms with van der Waals surface area (Å²) in [4.78, 5) is 12.8. The Morgan fingerprint density at radius 3 is 2.58 bits per heavy atom. The van der Waals surface area contributed by atoms with Gasteiger partial charge in [0.2, 0.25) is 5.95 Å². The Balaban J connectivity index is 1.56. The number of halogens is 1.